The first-order valence-corrected chi connectivity index (χ1v) is 12.1. The summed E-state index contributed by atoms with van der Waals surface area (Å²) in [5.74, 6) is 0. The van der Waals surface area contributed by atoms with Gasteiger partial charge in [-0.2, -0.15) is 0 Å². The van der Waals surface area contributed by atoms with Crippen molar-refractivity contribution in [3.05, 3.63) is 61.5 Å². The number of nitrogens with zero attached hydrogens (tertiary/aromatic N) is 7. The van der Waals surface area contributed by atoms with Gasteiger partial charge < -0.3 is 0 Å². The van der Waals surface area contributed by atoms with E-state index in [0.717, 1.165) is 50.4 Å². The Hall–Kier alpha value is -3.61. The summed E-state index contributed by atoms with van der Waals surface area (Å²) in [6, 6.07) is 0. The van der Waals surface area contributed by atoms with Gasteiger partial charge in [-0.05, 0) is 121 Å². The maximum absolute atomic E-state index is 4.97. The molecule has 0 aliphatic rings. The van der Waals surface area contributed by atoms with Gasteiger partial charge in [0.2, 0.25) is 0 Å². The minimum Gasteiger partial charge on any atom is -0.254 e. The highest BCUT2D eigenvalue weighted by atomic mass is 15.4. The molecule has 2 aromatic carbocycles. The summed E-state index contributed by atoms with van der Waals surface area (Å²) in [6.07, 6.45) is 0. The van der Waals surface area contributed by atoms with Gasteiger partial charge in [0.25, 0.3) is 0 Å². The van der Waals surface area contributed by atoms with E-state index in [1.807, 2.05) is 23.2 Å². The molecule has 3 heterocycles. The zero-order valence-corrected chi connectivity index (χ0v) is 22.6. The number of fused-ring (bicyclic) bond motifs is 2. The highest BCUT2D eigenvalue weighted by Crippen LogP contribution is 2.35. The van der Waals surface area contributed by atoms with Crippen LogP contribution in [-0.4, -0.2) is 35.0 Å². The van der Waals surface area contributed by atoms with Crippen molar-refractivity contribution in [1.29, 1.82) is 0 Å². The zero-order chi connectivity index (χ0) is 25.5. The molecule has 0 N–H and O–H groups in total. The maximum atomic E-state index is 4.97. The van der Waals surface area contributed by atoms with Crippen LogP contribution in [0.25, 0.3) is 33.4 Å². The number of hydrogen-bond donors (Lipinski definition) is 0. The Labute approximate surface area is 206 Å². The molecule has 0 atom stereocenters. The first-order valence-electron chi connectivity index (χ1n) is 12.1. The molecule has 0 unspecified atom stereocenters. The summed E-state index contributed by atoms with van der Waals surface area (Å²) in [7, 11) is 0. The molecule has 0 saturated heterocycles. The van der Waals surface area contributed by atoms with Crippen LogP contribution in [0.2, 0.25) is 0 Å². The molecule has 180 valence electrons. The second-order valence-corrected chi connectivity index (χ2v) is 10.0. The van der Waals surface area contributed by atoms with Crippen LogP contribution in [0.4, 0.5) is 0 Å². The molecule has 0 saturated carbocycles. The average Bonchev–Trinajstić information content (AvgIpc) is 3.44. The molecule has 0 amide bonds. The average molecular weight is 468 g/mol. The molecule has 7 nitrogen and oxygen atoms in total. The molecule has 3 aromatic heterocycles. The third-order valence-corrected chi connectivity index (χ3v) is 8.29. The third kappa shape index (κ3) is 3.00. The van der Waals surface area contributed by atoms with Crippen molar-refractivity contribution in [2.45, 2.75) is 76.2 Å². The van der Waals surface area contributed by atoms with Gasteiger partial charge in [0, 0.05) is 5.56 Å². The lowest BCUT2D eigenvalue weighted by Crippen LogP contribution is -2.13. The lowest BCUT2D eigenvalue weighted by atomic mass is 9.97. The minimum absolute atomic E-state index is 0.912. The smallest absolute Gasteiger partial charge is 0.117 e. The second kappa shape index (κ2) is 7.70. The molecule has 5 rings (SSSR count). The molecule has 7 heteroatoms. The van der Waals surface area contributed by atoms with E-state index in [0.29, 0.717) is 0 Å². The minimum atomic E-state index is 0.912. The summed E-state index contributed by atoms with van der Waals surface area (Å²) < 4.78 is 3.94. The Morgan fingerprint density at radius 1 is 0.400 bits per heavy atom. The number of benzene rings is 2. The van der Waals surface area contributed by atoms with E-state index in [1.54, 1.807) is 0 Å². The zero-order valence-electron chi connectivity index (χ0n) is 22.6. The van der Waals surface area contributed by atoms with Crippen molar-refractivity contribution in [2.75, 3.05) is 0 Å². The Balaban J connectivity index is 1.88. The predicted octanol–water partition coefficient (Wildman–Crippen LogP) is 5.94. The molecule has 0 aliphatic heterocycles. The highest BCUT2D eigenvalue weighted by Gasteiger charge is 2.24. The van der Waals surface area contributed by atoms with Crippen LogP contribution in [0, 0.1) is 76.2 Å². The van der Waals surface area contributed by atoms with Gasteiger partial charge in [-0.3, -0.25) is 4.98 Å². The number of aryl methyl sites for hydroxylation is 6. The molecular weight excluding hydrogens is 434 g/mol. The highest BCUT2D eigenvalue weighted by molar-refractivity contribution is 5.87. The summed E-state index contributed by atoms with van der Waals surface area (Å²) in [6.45, 7) is 23.4. The van der Waals surface area contributed by atoms with Crippen LogP contribution in [0.5, 0.6) is 0 Å². The van der Waals surface area contributed by atoms with Gasteiger partial charge in [0.05, 0.1) is 33.8 Å². The number of hydrogen-bond acceptors (Lipinski definition) is 5. The summed E-state index contributed by atoms with van der Waals surface area (Å²) >= 11 is 0. The van der Waals surface area contributed by atoms with Crippen molar-refractivity contribution >= 4 is 22.1 Å². The van der Waals surface area contributed by atoms with E-state index in [2.05, 4.69) is 82.9 Å². The first-order chi connectivity index (χ1) is 16.5. The molecule has 5 aromatic rings. The van der Waals surface area contributed by atoms with Crippen LogP contribution < -0.4 is 0 Å². The summed E-state index contributed by atoms with van der Waals surface area (Å²) in [4.78, 5) is 4.97. The molecule has 0 bridgehead atoms. The fourth-order valence-corrected chi connectivity index (χ4v) is 5.53. The Bertz CT molecular complexity index is 1580. The second-order valence-electron chi connectivity index (χ2n) is 10.0. The molecule has 0 fully saturated rings. The van der Waals surface area contributed by atoms with E-state index < -0.39 is 0 Å². The SMILES string of the molecule is Cc1nc(C)c(-n2nnc3c(C)c(C)c(C)c(C)c32)c(C)c1-n1nnc2c(C)c(C)c(C)c(C)c21. The fourth-order valence-electron chi connectivity index (χ4n) is 5.53. The van der Waals surface area contributed by atoms with Crippen molar-refractivity contribution in [2.24, 2.45) is 0 Å². The molecule has 0 aliphatic carbocycles. The lowest BCUT2D eigenvalue weighted by molar-refractivity contribution is 0.775. The van der Waals surface area contributed by atoms with Crippen LogP contribution in [-0.2, 0) is 0 Å². The van der Waals surface area contributed by atoms with Gasteiger partial charge in [0.1, 0.15) is 11.0 Å². The Kier molecular flexibility index (Phi) is 5.09. The number of rotatable bonds is 2. The van der Waals surface area contributed by atoms with Crippen molar-refractivity contribution < 1.29 is 0 Å². The fraction of sp³-hybridized carbons (Fsp3) is 0.393. The monoisotopic (exact) mass is 467 g/mol. The maximum Gasteiger partial charge on any atom is 0.117 e. The van der Waals surface area contributed by atoms with Gasteiger partial charge in [0.15, 0.2) is 0 Å². The normalized spacial score (nSPS) is 11.9. The third-order valence-electron chi connectivity index (χ3n) is 8.29. The van der Waals surface area contributed by atoms with E-state index in [-0.39, 0.29) is 0 Å². The van der Waals surface area contributed by atoms with Crippen molar-refractivity contribution in [3.63, 3.8) is 0 Å². The van der Waals surface area contributed by atoms with Crippen LogP contribution in [0.15, 0.2) is 0 Å². The summed E-state index contributed by atoms with van der Waals surface area (Å²) in [5.41, 5.74) is 18.5. The molecule has 0 radical (unpaired) electrons. The van der Waals surface area contributed by atoms with Crippen molar-refractivity contribution in [3.8, 4) is 11.4 Å². The quantitative estimate of drug-likeness (QED) is 0.321. The molecule has 0 spiro atoms. The molecule has 35 heavy (non-hydrogen) atoms. The Morgan fingerprint density at radius 2 is 0.743 bits per heavy atom. The van der Waals surface area contributed by atoms with E-state index in [1.165, 1.54) is 44.5 Å². The standard InChI is InChI=1S/C28H33N7/c1-12-14(3)18(7)27-23(16(12)5)30-32-34(27)25-20(9)26(22(11)29-21(25)10)35-28-19(8)15(4)13(2)17(6)24(28)31-33-35/h1-11H3. The summed E-state index contributed by atoms with van der Waals surface area (Å²) in [5, 5.41) is 18.5. The number of pyridine rings is 1. The first kappa shape index (κ1) is 23.1. The van der Waals surface area contributed by atoms with E-state index in [9.17, 15) is 0 Å². The van der Waals surface area contributed by atoms with Crippen molar-refractivity contribution in [1.82, 2.24) is 35.0 Å². The van der Waals surface area contributed by atoms with Gasteiger partial charge in [-0.25, -0.2) is 9.36 Å². The van der Waals surface area contributed by atoms with Gasteiger partial charge in [-0.1, -0.05) is 10.4 Å². The predicted molar refractivity (Wildman–Crippen MR) is 141 cm³/mol. The number of aromatic nitrogens is 7. The van der Waals surface area contributed by atoms with Gasteiger partial charge >= 0.3 is 0 Å². The largest absolute Gasteiger partial charge is 0.254 e. The van der Waals surface area contributed by atoms with Crippen LogP contribution in [0.1, 0.15) is 61.5 Å². The van der Waals surface area contributed by atoms with Crippen LogP contribution in [0.3, 0.4) is 0 Å². The van der Waals surface area contributed by atoms with Crippen LogP contribution >= 0.6 is 0 Å². The molecular formula is C28H33N7. The Morgan fingerprint density at radius 3 is 1.11 bits per heavy atom. The lowest BCUT2D eigenvalue weighted by Gasteiger charge is -2.19. The van der Waals surface area contributed by atoms with E-state index in [4.69, 9.17) is 4.98 Å². The topological polar surface area (TPSA) is 74.3 Å². The van der Waals surface area contributed by atoms with E-state index >= 15 is 0 Å². The van der Waals surface area contributed by atoms with Gasteiger partial charge in [-0.15, -0.1) is 10.2 Å².